The Morgan fingerprint density at radius 2 is 1.80 bits per heavy atom. The van der Waals surface area contributed by atoms with Crippen molar-refractivity contribution in [3.05, 3.63) is 69.2 Å². The Morgan fingerprint density at radius 1 is 1.10 bits per heavy atom. The highest BCUT2D eigenvalue weighted by atomic mass is 35.5. The third kappa shape index (κ3) is 5.61. The Morgan fingerprint density at radius 3 is 2.43 bits per heavy atom. The van der Waals surface area contributed by atoms with Crippen molar-refractivity contribution in [3.8, 4) is 0 Å². The third-order valence-electron chi connectivity index (χ3n) is 4.66. The van der Waals surface area contributed by atoms with Gasteiger partial charge in [-0.3, -0.25) is 19.7 Å². The van der Waals surface area contributed by atoms with E-state index in [1.54, 1.807) is 46.2 Å². The van der Waals surface area contributed by atoms with Gasteiger partial charge in [0.1, 0.15) is 0 Å². The summed E-state index contributed by atoms with van der Waals surface area (Å²) in [5.74, 6) is -0.182. The Balaban J connectivity index is 1.70. The molecule has 1 aliphatic rings. The number of piperazine rings is 1. The number of nitro benzene ring substituents is 1. The van der Waals surface area contributed by atoms with Gasteiger partial charge in [-0.2, -0.15) is 0 Å². The van der Waals surface area contributed by atoms with Crippen LogP contribution in [0, 0.1) is 10.1 Å². The minimum Gasteiger partial charge on any atom is -0.339 e. The Hall–Kier alpha value is -2.84. The van der Waals surface area contributed by atoms with Crippen molar-refractivity contribution in [2.45, 2.75) is 16.7 Å². The molecule has 1 aliphatic heterocycles. The van der Waals surface area contributed by atoms with E-state index in [4.69, 9.17) is 11.6 Å². The summed E-state index contributed by atoms with van der Waals surface area (Å²) in [4.78, 5) is 39.5. The lowest BCUT2D eigenvalue weighted by molar-refractivity contribution is -0.387. The van der Waals surface area contributed by atoms with Crippen molar-refractivity contribution in [2.24, 2.45) is 0 Å². The van der Waals surface area contributed by atoms with Crippen LogP contribution in [0.3, 0.4) is 0 Å². The molecule has 30 heavy (non-hydrogen) atoms. The second-order valence-corrected chi connectivity index (χ2v) is 8.26. The highest BCUT2D eigenvalue weighted by molar-refractivity contribution is 7.99. The van der Waals surface area contributed by atoms with Crippen LogP contribution in [0.2, 0.25) is 5.02 Å². The quantitative estimate of drug-likeness (QED) is 0.393. The van der Waals surface area contributed by atoms with E-state index in [0.29, 0.717) is 41.7 Å². The van der Waals surface area contributed by atoms with Crippen LogP contribution in [-0.2, 0) is 9.59 Å². The first-order valence-corrected chi connectivity index (χ1v) is 10.5. The molecule has 7 nitrogen and oxygen atoms in total. The average Bonchev–Trinajstić information content (AvgIpc) is 2.72. The zero-order valence-electron chi connectivity index (χ0n) is 16.3. The molecular weight excluding hydrogens is 426 g/mol. The second kappa shape index (κ2) is 9.77. The number of rotatable bonds is 5. The van der Waals surface area contributed by atoms with Gasteiger partial charge in [0, 0.05) is 55.2 Å². The molecule has 0 spiro atoms. The predicted molar refractivity (Wildman–Crippen MR) is 117 cm³/mol. The SMILES string of the molecule is CC(=O)N1CCN(C(=O)/C=C/c2ccc(Sc3cccc(Cl)c3)c([N+](=O)[O-])c2)CC1. The summed E-state index contributed by atoms with van der Waals surface area (Å²) < 4.78 is 0. The molecule has 0 aliphatic carbocycles. The number of carbonyl (C=O) groups is 2. The molecule has 0 atom stereocenters. The minimum atomic E-state index is -0.437. The fraction of sp³-hybridized carbons (Fsp3) is 0.238. The number of halogens is 1. The van der Waals surface area contributed by atoms with Crippen molar-refractivity contribution < 1.29 is 14.5 Å². The molecule has 0 saturated carbocycles. The zero-order chi connectivity index (χ0) is 21.7. The van der Waals surface area contributed by atoms with Gasteiger partial charge in [0.05, 0.1) is 9.82 Å². The summed E-state index contributed by atoms with van der Waals surface area (Å²) in [6.45, 7) is 3.47. The smallest absolute Gasteiger partial charge is 0.283 e. The molecule has 2 aromatic carbocycles. The Kier molecular flexibility index (Phi) is 7.12. The third-order valence-corrected chi connectivity index (χ3v) is 5.95. The van der Waals surface area contributed by atoms with Crippen molar-refractivity contribution in [2.75, 3.05) is 26.2 Å². The molecule has 2 amide bonds. The average molecular weight is 446 g/mol. The normalized spacial score (nSPS) is 14.2. The van der Waals surface area contributed by atoms with Gasteiger partial charge in [-0.05, 0) is 35.9 Å². The lowest BCUT2D eigenvalue weighted by atomic mass is 10.2. The summed E-state index contributed by atoms with van der Waals surface area (Å²) in [5, 5.41) is 12.1. The Labute approximate surface area is 183 Å². The van der Waals surface area contributed by atoms with Crippen LogP contribution >= 0.6 is 23.4 Å². The van der Waals surface area contributed by atoms with Gasteiger partial charge in [0.25, 0.3) is 5.69 Å². The largest absolute Gasteiger partial charge is 0.339 e. The van der Waals surface area contributed by atoms with Crippen molar-refractivity contribution in [1.29, 1.82) is 0 Å². The first-order chi connectivity index (χ1) is 14.3. The zero-order valence-corrected chi connectivity index (χ0v) is 17.9. The molecular formula is C21H20ClN3O4S. The highest BCUT2D eigenvalue weighted by Crippen LogP contribution is 2.36. The Bertz CT molecular complexity index is 1000. The fourth-order valence-corrected chi connectivity index (χ4v) is 4.25. The van der Waals surface area contributed by atoms with E-state index in [0.717, 1.165) is 4.90 Å². The minimum absolute atomic E-state index is 0.000634. The summed E-state index contributed by atoms with van der Waals surface area (Å²) in [7, 11) is 0. The van der Waals surface area contributed by atoms with E-state index in [1.807, 2.05) is 6.07 Å². The van der Waals surface area contributed by atoms with Gasteiger partial charge < -0.3 is 9.80 Å². The van der Waals surface area contributed by atoms with Crippen LogP contribution in [-0.4, -0.2) is 52.7 Å². The summed E-state index contributed by atoms with van der Waals surface area (Å²) in [6, 6.07) is 12.0. The van der Waals surface area contributed by atoms with Crippen LogP contribution in [0.1, 0.15) is 12.5 Å². The predicted octanol–water partition coefficient (Wildman–Crippen LogP) is 4.10. The van der Waals surface area contributed by atoms with Gasteiger partial charge in [-0.25, -0.2) is 0 Å². The molecule has 0 unspecified atom stereocenters. The standard InChI is InChI=1S/C21H20ClN3O4S/c1-15(26)23-9-11-24(12-10-23)21(27)8-6-16-5-7-20(19(13-16)25(28)29)30-18-4-2-3-17(22)14-18/h2-8,13-14H,9-12H2,1H3/b8-6+. The maximum Gasteiger partial charge on any atom is 0.283 e. The van der Waals surface area contributed by atoms with Gasteiger partial charge in [0.15, 0.2) is 0 Å². The molecule has 0 radical (unpaired) electrons. The van der Waals surface area contributed by atoms with E-state index >= 15 is 0 Å². The summed E-state index contributed by atoms with van der Waals surface area (Å²) in [6.07, 6.45) is 2.98. The maximum atomic E-state index is 12.4. The van der Waals surface area contributed by atoms with E-state index in [9.17, 15) is 19.7 Å². The van der Waals surface area contributed by atoms with Crippen molar-refractivity contribution in [3.63, 3.8) is 0 Å². The monoisotopic (exact) mass is 445 g/mol. The number of nitrogens with zero attached hydrogens (tertiary/aromatic N) is 3. The molecule has 3 rings (SSSR count). The van der Waals surface area contributed by atoms with Gasteiger partial charge in [0.2, 0.25) is 11.8 Å². The molecule has 156 valence electrons. The van der Waals surface area contributed by atoms with Crippen LogP contribution in [0.15, 0.2) is 58.3 Å². The molecule has 0 bridgehead atoms. The van der Waals surface area contributed by atoms with E-state index in [-0.39, 0.29) is 17.5 Å². The van der Waals surface area contributed by atoms with E-state index in [2.05, 4.69) is 0 Å². The first kappa shape index (κ1) is 21.9. The molecule has 9 heteroatoms. The summed E-state index contributed by atoms with van der Waals surface area (Å²) in [5.41, 5.74) is 0.525. The number of benzene rings is 2. The van der Waals surface area contributed by atoms with Gasteiger partial charge >= 0.3 is 0 Å². The molecule has 1 heterocycles. The summed E-state index contributed by atoms with van der Waals surface area (Å²) >= 11 is 7.24. The van der Waals surface area contributed by atoms with Crippen LogP contribution in [0.4, 0.5) is 5.69 Å². The molecule has 2 aromatic rings. The number of amides is 2. The first-order valence-electron chi connectivity index (χ1n) is 9.28. The van der Waals surface area contributed by atoms with Crippen LogP contribution in [0.5, 0.6) is 0 Å². The number of hydrogen-bond acceptors (Lipinski definition) is 5. The lowest BCUT2D eigenvalue weighted by Crippen LogP contribution is -2.49. The lowest BCUT2D eigenvalue weighted by Gasteiger charge is -2.33. The molecule has 0 N–H and O–H groups in total. The molecule has 0 aromatic heterocycles. The van der Waals surface area contributed by atoms with Crippen molar-refractivity contribution in [1.82, 2.24) is 9.80 Å². The van der Waals surface area contributed by atoms with Crippen LogP contribution in [0.25, 0.3) is 6.08 Å². The fourth-order valence-electron chi connectivity index (χ4n) is 3.04. The number of nitro groups is 1. The second-order valence-electron chi connectivity index (χ2n) is 6.71. The maximum absolute atomic E-state index is 12.4. The topological polar surface area (TPSA) is 83.8 Å². The van der Waals surface area contributed by atoms with Gasteiger partial charge in [-0.1, -0.05) is 35.5 Å². The van der Waals surface area contributed by atoms with E-state index < -0.39 is 4.92 Å². The number of hydrogen-bond donors (Lipinski definition) is 0. The van der Waals surface area contributed by atoms with Crippen molar-refractivity contribution >= 4 is 46.9 Å². The van der Waals surface area contributed by atoms with Crippen LogP contribution < -0.4 is 0 Å². The number of carbonyl (C=O) groups excluding carboxylic acids is 2. The van der Waals surface area contributed by atoms with Gasteiger partial charge in [-0.15, -0.1) is 0 Å². The highest BCUT2D eigenvalue weighted by Gasteiger charge is 2.21. The molecule has 1 fully saturated rings. The van der Waals surface area contributed by atoms with E-state index in [1.165, 1.54) is 30.8 Å². The molecule has 1 saturated heterocycles.